The molecule has 1 aromatic heterocycles. The number of rotatable bonds is 7. The SMILES string of the molecule is CCCc1nnc2n1N[C@H](c1ccc(OCC)cc1)[C@H](C(=O)Nc1ccc(C)c(Cl)c1)S2. The number of halogens is 1. The van der Waals surface area contributed by atoms with Gasteiger partial charge in [0, 0.05) is 17.1 Å². The number of benzene rings is 2. The molecule has 1 aliphatic rings. The van der Waals surface area contributed by atoms with Crippen LogP contribution in [-0.2, 0) is 11.2 Å². The number of carbonyl (C=O) groups is 1. The van der Waals surface area contributed by atoms with Crippen LogP contribution in [0.25, 0.3) is 0 Å². The Balaban J connectivity index is 1.64. The molecule has 2 aromatic carbocycles. The van der Waals surface area contributed by atoms with Crippen molar-refractivity contribution < 1.29 is 9.53 Å². The summed E-state index contributed by atoms with van der Waals surface area (Å²) in [6.07, 6.45) is 1.76. The van der Waals surface area contributed by atoms with Crippen LogP contribution in [0.4, 0.5) is 5.69 Å². The molecule has 0 saturated heterocycles. The summed E-state index contributed by atoms with van der Waals surface area (Å²) in [5.41, 5.74) is 6.08. The first-order valence-electron chi connectivity index (χ1n) is 10.7. The standard InChI is InChI=1S/C23H26ClN5O2S/c1-4-6-19-26-27-23-29(19)28-20(15-8-11-17(12-9-15)31-5-2)21(32-23)22(30)25-16-10-7-14(3)18(24)13-16/h7-13,20-21,28H,4-6H2,1-3H3,(H,25,30)/t20-,21-/m1/s1. The van der Waals surface area contributed by atoms with Crippen LogP contribution in [0.2, 0.25) is 5.02 Å². The highest BCUT2D eigenvalue weighted by atomic mass is 35.5. The molecule has 9 heteroatoms. The van der Waals surface area contributed by atoms with E-state index in [4.69, 9.17) is 16.3 Å². The van der Waals surface area contributed by atoms with Crippen LogP contribution in [0.15, 0.2) is 47.6 Å². The zero-order valence-electron chi connectivity index (χ0n) is 18.3. The van der Waals surface area contributed by atoms with Gasteiger partial charge in [0.15, 0.2) is 5.82 Å². The molecule has 2 atom stereocenters. The molecule has 32 heavy (non-hydrogen) atoms. The molecule has 0 unspecified atom stereocenters. The van der Waals surface area contributed by atoms with Gasteiger partial charge in [0.1, 0.15) is 11.0 Å². The predicted molar refractivity (Wildman–Crippen MR) is 128 cm³/mol. The smallest absolute Gasteiger partial charge is 0.240 e. The van der Waals surface area contributed by atoms with E-state index in [0.717, 1.165) is 35.5 Å². The lowest BCUT2D eigenvalue weighted by atomic mass is 10.0. The van der Waals surface area contributed by atoms with Gasteiger partial charge in [0.25, 0.3) is 0 Å². The Bertz CT molecular complexity index is 1100. The molecule has 0 radical (unpaired) electrons. The highest BCUT2D eigenvalue weighted by Gasteiger charge is 2.37. The molecule has 0 spiro atoms. The number of nitrogens with one attached hydrogen (secondary N) is 2. The van der Waals surface area contributed by atoms with Gasteiger partial charge in [0.2, 0.25) is 11.1 Å². The molecule has 0 bridgehead atoms. The molecule has 1 amide bonds. The minimum absolute atomic E-state index is 0.132. The Hall–Kier alpha value is -2.71. The zero-order valence-corrected chi connectivity index (χ0v) is 19.8. The van der Waals surface area contributed by atoms with Crippen LogP contribution < -0.4 is 15.5 Å². The highest BCUT2D eigenvalue weighted by molar-refractivity contribution is 8.00. The number of thioether (sulfide) groups is 1. The van der Waals surface area contributed by atoms with E-state index in [1.54, 1.807) is 6.07 Å². The van der Waals surface area contributed by atoms with Crippen LogP contribution >= 0.6 is 23.4 Å². The summed E-state index contributed by atoms with van der Waals surface area (Å²) in [5, 5.41) is 12.5. The Morgan fingerprint density at radius 1 is 1.22 bits per heavy atom. The Labute approximate surface area is 196 Å². The fourth-order valence-electron chi connectivity index (χ4n) is 3.56. The van der Waals surface area contributed by atoms with Crippen molar-refractivity contribution in [2.24, 2.45) is 0 Å². The highest BCUT2D eigenvalue weighted by Crippen LogP contribution is 2.38. The van der Waals surface area contributed by atoms with Crippen molar-refractivity contribution in [1.29, 1.82) is 0 Å². The van der Waals surface area contributed by atoms with Gasteiger partial charge in [-0.2, -0.15) is 0 Å². The average Bonchev–Trinajstić information content (AvgIpc) is 3.18. The second-order valence-electron chi connectivity index (χ2n) is 7.58. The van der Waals surface area contributed by atoms with E-state index in [1.807, 2.05) is 54.9 Å². The third-order valence-corrected chi connectivity index (χ3v) is 6.85. The van der Waals surface area contributed by atoms with Crippen LogP contribution in [0.3, 0.4) is 0 Å². The number of amides is 1. The maximum absolute atomic E-state index is 13.4. The normalized spacial score (nSPS) is 17.4. The number of aromatic nitrogens is 3. The van der Waals surface area contributed by atoms with E-state index in [-0.39, 0.29) is 11.9 Å². The van der Waals surface area contributed by atoms with Gasteiger partial charge in [0.05, 0.1) is 12.6 Å². The maximum Gasteiger partial charge on any atom is 0.240 e. The number of fused-ring (bicyclic) bond motifs is 1. The van der Waals surface area contributed by atoms with Crippen LogP contribution in [-0.4, -0.2) is 32.6 Å². The molecule has 0 aliphatic carbocycles. The van der Waals surface area contributed by atoms with Gasteiger partial charge in [-0.1, -0.05) is 48.5 Å². The Morgan fingerprint density at radius 3 is 2.69 bits per heavy atom. The molecular weight excluding hydrogens is 446 g/mol. The number of nitrogens with zero attached hydrogens (tertiary/aromatic N) is 3. The van der Waals surface area contributed by atoms with Crippen LogP contribution in [0.1, 0.15) is 43.3 Å². The number of ether oxygens (including phenoxy) is 1. The number of anilines is 1. The van der Waals surface area contributed by atoms with Crippen molar-refractivity contribution in [2.75, 3.05) is 17.3 Å². The van der Waals surface area contributed by atoms with E-state index in [9.17, 15) is 4.79 Å². The maximum atomic E-state index is 13.4. The minimum atomic E-state index is -0.459. The number of carbonyl (C=O) groups excluding carboxylic acids is 1. The van der Waals surface area contributed by atoms with Gasteiger partial charge in [-0.25, -0.2) is 4.68 Å². The first-order chi connectivity index (χ1) is 15.5. The first kappa shape index (κ1) is 22.5. The molecule has 0 fully saturated rings. The topological polar surface area (TPSA) is 81.1 Å². The van der Waals surface area contributed by atoms with E-state index in [1.165, 1.54) is 11.8 Å². The van der Waals surface area contributed by atoms with Crippen molar-refractivity contribution in [2.45, 2.75) is 50.1 Å². The molecule has 0 saturated carbocycles. The van der Waals surface area contributed by atoms with E-state index < -0.39 is 5.25 Å². The molecule has 168 valence electrons. The lowest BCUT2D eigenvalue weighted by Crippen LogP contribution is -2.41. The van der Waals surface area contributed by atoms with Gasteiger partial charge in [-0.15, -0.1) is 10.2 Å². The minimum Gasteiger partial charge on any atom is -0.494 e. The summed E-state index contributed by atoms with van der Waals surface area (Å²) in [4.78, 5) is 13.4. The van der Waals surface area contributed by atoms with Crippen molar-refractivity contribution in [1.82, 2.24) is 14.9 Å². The summed E-state index contributed by atoms with van der Waals surface area (Å²) >= 11 is 7.65. The molecular formula is C23H26ClN5O2S. The number of hydrogen-bond donors (Lipinski definition) is 2. The van der Waals surface area contributed by atoms with Crippen LogP contribution in [0, 0.1) is 6.92 Å². The molecule has 3 aromatic rings. The molecule has 2 heterocycles. The molecule has 2 N–H and O–H groups in total. The van der Waals surface area contributed by atoms with E-state index in [2.05, 4.69) is 27.9 Å². The summed E-state index contributed by atoms with van der Waals surface area (Å²) < 4.78 is 7.48. The molecule has 4 rings (SSSR count). The van der Waals surface area contributed by atoms with Crippen molar-refractivity contribution >= 4 is 35.0 Å². The second-order valence-corrected chi connectivity index (χ2v) is 9.10. The number of hydrogen-bond acceptors (Lipinski definition) is 6. The monoisotopic (exact) mass is 471 g/mol. The summed E-state index contributed by atoms with van der Waals surface area (Å²) in [6.45, 7) is 6.58. The van der Waals surface area contributed by atoms with Gasteiger partial charge >= 0.3 is 0 Å². The quantitative estimate of drug-likeness (QED) is 0.505. The van der Waals surface area contributed by atoms with Crippen molar-refractivity contribution in [3.63, 3.8) is 0 Å². The summed E-state index contributed by atoms with van der Waals surface area (Å²) in [7, 11) is 0. The summed E-state index contributed by atoms with van der Waals surface area (Å²) in [5.74, 6) is 1.52. The Morgan fingerprint density at radius 2 is 2.00 bits per heavy atom. The predicted octanol–water partition coefficient (Wildman–Crippen LogP) is 4.99. The molecule has 1 aliphatic heterocycles. The van der Waals surface area contributed by atoms with Crippen molar-refractivity contribution in [3.8, 4) is 5.75 Å². The lowest BCUT2D eigenvalue weighted by molar-refractivity contribution is -0.116. The third kappa shape index (κ3) is 4.71. The Kier molecular flexibility index (Phi) is 6.91. The fraction of sp³-hybridized carbons (Fsp3) is 0.348. The largest absolute Gasteiger partial charge is 0.494 e. The number of aryl methyl sites for hydroxylation is 2. The second kappa shape index (κ2) is 9.83. The van der Waals surface area contributed by atoms with Gasteiger partial charge < -0.3 is 15.5 Å². The van der Waals surface area contributed by atoms with Crippen LogP contribution in [0.5, 0.6) is 5.75 Å². The lowest BCUT2D eigenvalue weighted by Gasteiger charge is -2.33. The van der Waals surface area contributed by atoms with Gasteiger partial charge in [-0.3, -0.25) is 4.79 Å². The molecule has 7 nitrogen and oxygen atoms in total. The van der Waals surface area contributed by atoms with Crippen molar-refractivity contribution in [3.05, 3.63) is 64.4 Å². The van der Waals surface area contributed by atoms with E-state index >= 15 is 0 Å². The fourth-order valence-corrected chi connectivity index (χ4v) is 4.84. The summed E-state index contributed by atoms with van der Waals surface area (Å²) in [6, 6.07) is 13.1. The first-order valence-corrected chi connectivity index (χ1v) is 11.9. The van der Waals surface area contributed by atoms with Gasteiger partial charge in [-0.05, 0) is 55.7 Å². The average molecular weight is 472 g/mol. The third-order valence-electron chi connectivity index (χ3n) is 5.23. The van der Waals surface area contributed by atoms with E-state index in [0.29, 0.717) is 22.5 Å². The zero-order chi connectivity index (χ0) is 22.7.